The van der Waals surface area contributed by atoms with Crippen molar-refractivity contribution in [3.8, 4) is 5.75 Å². The van der Waals surface area contributed by atoms with Gasteiger partial charge in [-0.3, -0.25) is 5.32 Å². The number of nitrogens with zero attached hydrogens (tertiary/aromatic N) is 1. The van der Waals surface area contributed by atoms with Crippen molar-refractivity contribution in [3.05, 3.63) is 41.2 Å². The van der Waals surface area contributed by atoms with E-state index in [9.17, 15) is 4.79 Å². The van der Waals surface area contributed by atoms with E-state index in [0.717, 1.165) is 12.2 Å². The Hall–Kier alpha value is -2.50. The van der Waals surface area contributed by atoms with Gasteiger partial charge in [0.2, 0.25) is 0 Å². The number of nitrogens with one attached hydrogen (secondary N) is 2. The lowest BCUT2D eigenvalue weighted by molar-refractivity contribution is 0.247. The minimum atomic E-state index is -0.328. The van der Waals surface area contributed by atoms with Gasteiger partial charge in [-0.2, -0.15) is 0 Å². The molecule has 116 valence electrons. The normalized spacial score (nSPS) is 12.8. The van der Waals surface area contributed by atoms with Gasteiger partial charge < -0.3 is 14.6 Å². The standard InChI is InChI=1S/C16H19N3O3/c1-11-9-15(19-22-11)18-16(20)17-7-8-21-14-6-5-12-3-2-4-13(12)10-14/h5-6,9-10H,2-4,7-8H2,1H3,(H2,17,18,19,20). The highest BCUT2D eigenvalue weighted by Crippen LogP contribution is 2.25. The highest BCUT2D eigenvalue weighted by molar-refractivity contribution is 5.88. The first kappa shape index (κ1) is 14.4. The van der Waals surface area contributed by atoms with E-state index in [2.05, 4.69) is 27.9 Å². The third-order valence-electron chi connectivity index (χ3n) is 3.60. The van der Waals surface area contributed by atoms with E-state index < -0.39 is 0 Å². The molecule has 1 aliphatic rings. The monoisotopic (exact) mass is 301 g/mol. The summed E-state index contributed by atoms with van der Waals surface area (Å²) < 4.78 is 10.5. The number of aryl methyl sites for hydroxylation is 3. The average Bonchev–Trinajstić information content (AvgIpc) is 3.12. The van der Waals surface area contributed by atoms with E-state index in [-0.39, 0.29) is 6.03 Å². The van der Waals surface area contributed by atoms with Gasteiger partial charge in [-0.05, 0) is 49.4 Å². The van der Waals surface area contributed by atoms with E-state index in [4.69, 9.17) is 9.26 Å². The maximum Gasteiger partial charge on any atom is 0.320 e. The van der Waals surface area contributed by atoms with Gasteiger partial charge in [0.25, 0.3) is 0 Å². The molecule has 0 atom stereocenters. The predicted octanol–water partition coefficient (Wildman–Crippen LogP) is 2.67. The van der Waals surface area contributed by atoms with E-state index >= 15 is 0 Å². The second-order valence-electron chi connectivity index (χ2n) is 5.34. The van der Waals surface area contributed by atoms with Crippen LogP contribution < -0.4 is 15.4 Å². The molecule has 3 rings (SSSR count). The molecule has 1 aliphatic carbocycles. The number of benzene rings is 1. The number of hydrogen-bond acceptors (Lipinski definition) is 4. The Bertz CT molecular complexity index is 666. The Morgan fingerprint density at radius 1 is 1.32 bits per heavy atom. The van der Waals surface area contributed by atoms with Gasteiger partial charge in [-0.1, -0.05) is 11.2 Å². The first-order valence-electron chi connectivity index (χ1n) is 7.43. The fourth-order valence-corrected chi connectivity index (χ4v) is 2.56. The molecule has 1 aromatic carbocycles. The average molecular weight is 301 g/mol. The molecule has 2 amide bonds. The lowest BCUT2D eigenvalue weighted by Gasteiger charge is -2.09. The second-order valence-corrected chi connectivity index (χ2v) is 5.34. The third kappa shape index (κ3) is 3.58. The Balaban J connectivity index is 1.39. The van der Waals surface area contributed by atoms with Gasteiger partial charge in [0, 0.05) is 6.07 Å². The summed E-state index contributed by atoms with van der Waals surface area (Å²) in [6, 6.07) is 7.54. The van der Waals surface area contributed by atoms with Crippen molar-refractivity contribution < 1.29 is 14.1 Å². The molecule has 0 saturated carbocycles. The third-order valence-corrected chi connectivity index (χ3v) is 3.60. The van der Waals surface area contributed by atoms with Crippen LogP contribution in [0.4, 0.5) is 10.6 Å². The fourth-order valence-electron chi connectivity index (χ4n) is 2.56. The summed E-state index contributed by atoms with van der Waals surface area (Å²) in [6.07, 6.45) is 3.52. The van der Waals surface area contributed by atoms with Gasteiger partial charge in [-0.25, -0.2) is 4.79 Å². The zero-order valence-electron chi connectivity index (χ0n) is 12.5. The van der Waals surface area contributed by atoms with Crippen LogP contribution in [-0.2, 0) is 12.8 Å². The highest BCUT2D eigenvalue weighted by Gasteiger charge is 2.11. The van der Waals surface area contributed by atoms with Gasteiger partial charge in [-0.15, -0.1) is 0 Å². The Morgan fingerprint density at radius 3 is 3.00 bits per heavy atom. The molecule has 1 heterocycles. The molecule has 0 saturated heterocycles. The van der Waals surface area contributed by atoms with Crippen molar-refractivity contribution in [1.29, 1.82) is 0 Å². The molecular weight excluding hydrogens is 282 g/mol. The maximum atomic E-state index is 11.6. The smallest absolute Gasteiger partial charge is 0.320 e. The topological polar surface area (TPSA) is 76.4 Å². The van der Waals surface area contributed by atoms with Crippen LogP contribution in [-0.4, -0.2) is 24.3 Å². The van der Waals surface area contributed by atoms with Crippen LogP contribution >= 0.6 is 0 Å². The van der Waals surface area contributed by atoms with Crippen LogP contribution in [0.15, 0.2) is 28.8 Å². The number of anilines is 1. The molecule has 6 heteroatoms. The SMILES string of the molecule is Cc1cc(NC(=O)NCCOc2ccc3c(c2)CCC3)no1. The quantitative estimate of drug-likeness (QED) is 0.832. The molecule has 1 aromatic heterocycles. The van der Waals surface area contributed by atoms with Crippen LogP contribution in [0.25, 0.3) is 0 Å². The number of rotatable bonds is 5. The fraction of sp³-hybridized carbons (Fsp3) is 0.375. The Morgan fingerprint density at radius 2 is 2.18 bits per heavy atom. The van der Waals surface area contributed by atoms with Crippen LogP contribution in [0.3, 0.4) is 0 Å². The van der Waals surface area contributed by atoms with Crippen LogP contribution in [0.1, 0.15) is 23.3 Å². The highest BCUT2D eigenvalue weighted by atomic mass is 16.5. The summed E-state index contributed by atoms with van der Waals surface area (Å²) in [7, 11) is 0. The van der Waals surface area contributed by atoms with Crippen molar-refractivity contribution in [2.45, 2.75) is 26.2 Å². The molecule has 22 heavy (non-hydrogen) atoms. The molecule has 0 spiro atoms. The summed E-state index contributed by atoms with van der Waals surface area (Å²) in [5.74, 6) is 1.90. The van der Waals surface area contributed by atoms with Crippen molar-refractivity contribution in [1.82, 2.24) is 10.5 Å². The molecule has 0 unspecified atom stereocenters. The number of fused-ring (bicyclic) bond motifs is 1. The van der Waals surface area contributed by atoms with Crippen LogP contribution in [0, 0.1) is 6.92 Å². The van der Waals surface area contributed by atoms with Crippen LogP contribution in [0.2, 0.25) is 0 Å². The Labute approximate surface area is 128 Å². The molecule has 0 fully saturated rings. The largest absolute Gasteiger partial charge is 0.492 e. The zero-order chi connectivity index (χ0) is 15.4. The lowest BCUT2D eigenvalue weighted by Crippen LogP contribution is -2.32. The zero-order valence-corrected chi connectivity index (χ0v) is 12.5. The lowest BCUT2D eigenvalue weighted by atomic mass is 10.1. The summed E-state index contributed by atoms with van der Waals surface area (Å²) in [6.45, 7) is 2.60. The number of ether oxygens (including phenoxy) is 1. The summed E-state index contributed by atoms with van der Waals surface area (Å²) in [5, 5.41) is 8.98. The number of carbonyl (C=O) groups is 1. The molecule has 0 bridgehead atoms. The second kappa shape index (κ2) is 6.51. The maximum absolute atomic E-state index is 11.6. The number of hydrogen-bond donors (Lipinski definition) is 2. The molecule has 2 aromatic rings. The predicted molar refractivity (Wildman–Crippen MR) is 82.2 cm³/mol. The van der Waals surface area contributed by atoms with Crippen LogP contribution in [0.5, 0.6) is 5.75 Å². The molecule has 2 N–H and O–H groups in total. The minimum absolute atomic E-state index is 0.328. The van der Waals surface area contributed by atoms with E-state index in [0.29, 0.717) is 24.7 Å². The number of aromatic nitrogens is 1. The Kier molecular flexibility index (Phi) is 4.27. The van der Waals surface area contributed by atoms with Gasteiger partial charge >= 0.3 is 6.03 Å². The summed E-state index contributed by atoms with van der Waals surface area (Å²) >= 11 is 0. The van der Waals surface area contributed by atoms with Crippen molar-refractivity contribution in [3.63, 3.8) is 0 Å². The van der Waals surface area contributed by atoms with E-state index in [1.807, 2.05) is 6.07 Å². The molecule has 0 aliphatic heterocycles. The molecule has 0 radical (unpaired) electrons. The first-order valence-corrected chi connectivity index (χ1v) is 7.43. The number of amides is 2. The number of urea groups is 1. The van der Waals surface area contributed by atoms with Crippen molar-refractivity contribution >= 4 is 11.8 Å². The van der Waals surface area contributed by atoms with Gasteiger partial charge in [0.1, 0.15) is 18.1 Å². The summed E-state index contributed by atoms with van der Waals surface area (Å²) in [5.41, 5.74) is 2.80. The van der Waals surface area contributed by atoms with Gasteiger partial charge in [0.15, 0.2) is 5.82 Å². The van der Waals surface area contributed by atoms with Crippen molar-refractivity contribution in [2.75, 3.05) is 18.5 Å². The first-order chi connectivity index (χ1) is 10.7. The molecular formula is C16H19N3O3. The van der Waals surface area contributed by atoms with Crippen molar-refractivity contribution in [2.24, 2.45) is 0 Å². The van der Waals surface area contributed by atoms with E-state index in [1.165, 1.54) is 24.0 Å². The van der Waals surface area contributed by atoms with E-state index in [1.54, 1.807) is 13.0 Å². The summed E-state index contributed by atoms with van der Waals surface area (Å²) in [4.78, 5) is 11.6. The number of carbonyl (C=O) groups excluding carboxylic acids is 1. The van der Waals surface area contributed by atoms with Gasteiger partial charge in [0.05, 0.1) is 6.54 Å². The molecule has 6 nitrogen and oxygen atoms in total. The minimum Gasteiger partial charge on any atom is -0.492 e.